The van der Waals surface area contributed by atoms with E-state index in [9.17, 15) is 4.79 Å². The van der Waals surface area contributed by atoms with Gasteiger partial charge in [-0.05, 0) is 62.9 Å². The van der Waals surface area contributed by atoms with E-state index in [1.165, 1.54) is 22.5 Å². The van der Waals surface area contributed by atoms with Crippen LogP contribution in [0.2, 0.25) is 0 Å². The summed E-state index contributed by atoms with van der Waals surface area (Å²) in [5, 5.41) is 0. The maximum absolute atomic E-state index is 12.2. The van der Waals surface area contributed by atoms with Gasteiger partial charge in [0, 0.05) is 10.9 Å². The summed E-state index contributed by atoms with van der Waals surface area (Å²) in [6, 6.07) is 8.10. The standard InChI is InChI=1S/C14H12Br2OS/c1-8-3-4-9(2)10(5-8)6-12(17)13-7-11(15)14(16)18-13/h3-5,7H,6H2,1-2H3. The lowest BCUT2D eigenvalue weighted by Crippen LogP contribution is -2.03. The van der Waals surface area contributed by atoms with Gasteiger partial charge in [-0.2, -0.15) is 0 Å². The predicted molar refractivity (Wildman–Crippen MR) is 83.7 cm³/mol. The number of carbonyl (C=O) groups is 1. The highest BCUT2D eigenvalue weighted by Crippen LogP contribution is 2.33. The lowest BCUT2D eigenvalue weighted by molar-refractivity contribution is 0.0996. The molecule has 0 aliphatic carbocycles. The molecule has 0 spiro atoms. The van der Waals surface area contributed by atoms with E-state index in [1.807, 2.05) is 19.9 Å². The second kappa shape index (κ2) is 5.68. The van der Waals surface area contributed by atoms with Gasteiger partial charge < -0.3 is 0 Å². The van der Waals surface area contributed by atoms with E-state index < -0.39 is 0 Å². The number of rotatable bonds is 3. The molecule has 0 unspecified atom stereocenters. The molecule has 0 radical (unpaired) electrons. The molecule has 94 valence electrons. The zero-order chi connectivity index (χ0) is 13.3. The molecule has 0 N–H and O–H groups in total. The minimum atomic E-state index is 0.167. The summed E-state index contributed by atoms with van der Waals surface area (Å²) in [6.45, 7) is 4.09. The maximum atomic E-state index is 12.2. The number of aryl methyl sites for hydroxylation is 2. The monoisotopic (exact) mass is 386 g/mol. The second-order valence-corrected chi connectivity index (χ2v) is 7.49. The van der Waals surface area contributed by atoms with Crippen molar-refractivity contribution in [2.75, 3.05) is 0 Å². The Morgan fingerprint density at radius 3 is 2.56 bits per heavy atom. The molecule has 0 amide bonds. The van der Waals surface area contributed by atoms with E-state index in [-0.39, 0.29) is 5.78 Å². The van der Waals surface area contributed by atoms with Crippen LogP contribution in [0.1, 0.15) is 26.4 Å². The molecule has 0 fully saturated rings. The van der Waals surface area contributed by atoms with Gasteiger partial charge in [-0.3, -0.25) is 4.79 Å². The molecule has 1 aromatic carbocycles. The molecule has 1 heterocycles. The first-order valence-electron chi connectivity index (χ1n) is 5.51. The fourth-order valence-electron chi connectivity index (χ4n) is 1.73. The summed E-state index contributed by atoms with van der Waals surface area (Å²) in [5.74, 6) is 0.167. The first kappa shape index (κ1) is 14.0. The van der Waals surface area contributed by atoms with Gasteiger partial charge in [-0.15, -0.1) is 11.3 Å². The van der Waals surface area contributed by atoms with Gasteiger partial charge in [0.2, 0.25) is 0 Å². The van der Waals surface area contributed by atoms with E-state index in [2.05, 4.69) is 50.1 Å². The number of benzene rings is 1. The van der Waals surface area contributed by atoms with Gasteiger partial charge in [0.25, 0.3) is 0 Å². The van der Waals surface area contributed by atoms with Crippen molar-refractivity contribution in [1.29, 1.82) is 0 Å². The van der Waals surface area contributed by atoms with Crippen molar-refractivity contribution in [2.24, 2.45) is 0 Å². The lowest BCUT2D eigenvalue weighted by atomic mass is 10.0. The van der Waals surface area contributed by atoms with E-state index in [0.29, 0.717) is 6.42 Å². The molecule has 0 saturated heterocycles. The second-order valence-electron chi connectivity index (χ2n) is 4.26. The van der Waals surface area contributed by atoms with E-state index in [4.69, 9.17) is 0 Å². The van der Waals surface area contributed by atoms with Crippen molar-refractivity contribution in [2.45, 2.75) is 20.3 Å². The normalized spacial score (nSPS) is 10.7. The quantitative estimate of drug-likeness (QED) is 0.651. The molecule has 0 atom stereocenters. The Morgan fingerprint density at radius 2 is 1.94 bits per heavy atom. The zero-order valence-corrected chi connectivity index (χ0v) is 14.1. The molecular weight excluding hydrogens is 376 g/mol. The molecule has 0 aliphatic rings. The van der Waals surface area contributed by atoms with E-state index in [1.54, 1.807) is 0 Å². The van der Waals surface area contributed by atoms with Gasteiger partial charge in [-0.1, -0.05) is 23.8 Å². The Bertz CT molecular complexity index is 582. The smallest absolute Gasteiger partial charge is 0.177 e. The van der Waals surface area contributed by atoms with E-state index in [0.717, 1.165) is 18.7 Å². The molecular formula is C14H12Br2OS. The van der Waals surface area contributed by atoms with Crippen LogP contribution < -0.4 is 0 Å². The topological polar surface area (TPSA) is 17.1 Å². The van der Waals surface area contributed by atoms with Gasteiger partial charge in [-0.25, -0.2) is 0 Å². The molecule has 18 heavy (non-hydrogen) atoms. The summed E-state index contributed by atoms with van der Waals surface area (Å²) in [4.78, 5) is 13.0. The number of thiophene rings is 1. The van der Waals surface area contributed by atoms with Gasteiger partial charge in [0.15, 0.2) is 5.78 Å². The third-order valence-electron chi connectivity index (χ3n) is 2.78. The fourth-order valence-corrected chi connectivity index (χ4v) is 3.71. The predicted octanol–water partition coefficient (Wildman–Crippen LogP) is 5.32. The number of halogens is 2. The minimum absolute atomic E-state index is 0.167. The van der Waals surface area contributed by atoms with Crippen LogP contribution in [-0.4, -0.2) is 5.78 Å². The Labute approximate surface area is 127 Å². The average Bonchev–Trinajstić information content (AvgIpc) is 2.64. The zero-order valence-electron chi connectivity index (χ0n) is 10.1. The van der Waals surface area contributed by atoms with Crippen LogP contribution in [0.25, 0.3) is 0 Å². The van der Waals surface area contributed by atoms with Crippen LogP contribution in [0.3, 0.4) is 0 Å². The summed E-state index contributed by atoms with van der Waals surface area (Å²) in [5.41, 5.74) is 3.47. The first-order chi connectivity index (χ1) is 8.47. The number of Topliss-reactive ketones (excluding diaryl/α,β-unsaturated/α-hetero) is 1. The van der Waals surface area contributed by atoms with Crippen LogP contribution in [-0.2, 0) is 6.42 Å². The Kier molecular flexibility index (Phi) is 4.41. The van der Waals surface area contributed by atoms with Crippen LogP contribution in [0.4, 0.5) is 0 Å². The van der Waals surface area contributed by atoms with Crippen molar-refractivity contribution in [1.82, 2.24) is 0 Å². The molecule has 1 aromatic heterocycles. The third-order valence-corrected chi connectivity index (χ3v) is 6.07. The van der Waals surface area contributed by atoms with Crippen molar-refractivity contribution in [3.05, 3.63) is 54.1 Å². The SMILES string of the molecule is Cc1ccc(C)c(CC(=O)c2cc(Br)c(Br)s2)c1. The van der Waals surface area contributed by atoms with Crippen LogP contribution >= 0.6 is 43.2 Å². The molecule has 1 nitrogen and oxygen atoms in total. The molecule has 0 bridgehead atoms. The Hall–Kier alpha value is -0.450. The van der Waals surface area contributed by atoms with Gasteiger partial charge >= 0.3 is 0 Å². The lowest BCUT2D eigenvalue weighted by Gasteiger charge is -2.05. The number of carbonyl (C=O) groups excluding carboxylic acids is 1. The van der Waals surface area contributed by atoms with Gasteiger partial charge in [0.1, 0.15) is 0 Å². The maximum Gasteiger partial charge on any atom is 0.177 e. The van der Waals surface area contributed by atoms with Crippen molar-refractivity contribution in [3.8, 4) is 0 Å². The van der Waals surface area contributed by atoms with Crippen LogP contribution in [0, 0.1) is 13.8 Å². The number of hydrogen-bond acceptors (Lipinski definition) is 2. The average molecular weight is 388 g/mol. The molecule has 4 heteroatoms. The molecule has 0 saturated carbocycles. The summed E-state index contributed by atoms with van der Waals surface area (Å²) >= 11 is 8.29. The van der Waals surface area contributed by atoms with Crippen molar-refractivity contribution >= 4 is 49.0 Å². The highest BCUT2D eigenvalue weighted by atomic mass is 79.9. The first-order valence-corrected chi connectivity index (χ1v) is 7.92. The summed E-state index contributed by atoms with van der Waals surface area (Å²) in [6.07, 6.45) is 0.465. The summed E-state index contributed by atoms with van der Waals surface area (Å²) in [7, 11) is 0. The largest absolute Gasteiger partial charge is 0.293 e. The van der Waals surface area contributed by atoms with Crippen LogP contribution in [0.5, 0.6) is 0 Å². The fraction of sp³-hybridized carbons (Fsp3) is 0.214. The number of ketones is 1. The van der Waals surface area contributed by atoms with E-state index >= 15 is 0 Å². The number of hydrogen-bond donors (Lipinski definition) is 0. The Morgan fingerprint density at radius 1 is 1.22 bits per heavy atom. The van der Waals surface area contributed by atoms with Gasteiger partial charge in [0.05, 0.1) is 8.66 Å². The third kappa shape index (κ3) is 3.11. The minimum Gasteiger partial charge on any atom is -0.293 e. The highest BCUT2D eigenvalue weighted by Gasteiger charge is 2.13. The Balaban J connectivity index is 2.23. The molecule has 0 aliphatic heterocycles. The highest BCUT2D eigenvalue weighted by molar-refractivity contribution is 9.13. The van der Waals surface area contributed by atoms with Crippen molar-refractivity contribution < 1.29 is 4.79 Å². The molecule has 2 aromatic rings. The molecule has 2 rings (SSSR count). The van der Waals surface area contributed by atoms with Crippen LogP contribution in [0.15, 0.2) is 32.5 Å². The van der Waals surface area contributed by atoms with Crippen molar-refractivity contribution in [3.63, 3.8) is 0 Å². The summed E-state index contributed by atoms with van der Waals surface area (Å²) < 4.78 is 1.91.